The van der Waals surface area contributed by atoms with Crippen molar-refractivity contribution in [3.05, 3.63) is 67.3 Å². The second-order valence-electron chi connectivity index (χ2n) is 10.4. The van der Waals surface area contributed by atoms with Crippen LogP contribution in [0.4, 0.5) is 13.2 Å². The first kappa shape index (κ1) is 26.0. The van der Waals surface area contributed by atoms with Gasteiger partial charge in [0.25, 0.3) is 10.1 Å². The second kappa shape index (κ2) is 9.58. The van der Waals surface area contributed by atoms with Gasteiger partial charge in [-0.05, 0) is 79.7 Å². The van der Waals surface area contributed by atoms with Crippen LogP contribution in [0.3, 0.4) is 0 Å². The van der Waals surface area contributed by atoms with Crippen LogP contribution in [0.1, 0.15) is 43.6 Å². The zero-order chi connectivity index (χ0) is 25.7. The van der Waals surface area contributed by atoms with E-state index < -0.39 is 60.7 Å². The van der Waals surface area contributed by atoms with E-state index in [1.54, 1.807) is 0 Å². The van der Waals surface area contributed by atoms with Crippen molar-refractivity contribution < 1.29 is 56.9 Å². The highest BCUT2D eigenvalue weighted by molar-refractivity contribution is 7.85. The van der Waals surface area contributed by atoms with E-state index in [1.165, 1.54) is 3.57 Å². The number of hydrogen-bond acceptors (Lipinski definition) is 4. The fourth-order valence-electron chi connectivity index (χ4n) is 6.92. The normalized spacial score (nSPS) is 30.2. The van der Waals surface area contributed by atoms with Gasteiger partial charge in [-0.25, -0.2) is 0 Å². The van der Waals surface area contributed by atoms with E-state index in [0.29, 0.717) is 12.8 Å². The Hall–Kier alpha value is -1.66. The number of carbonyl (C=O) groups is 1. The fraction of sp³-hybridized carbons (Fsp3) is 0.500. The summed E-state index contributed by atoms with van der Waals surface area (Å²) in [6.45, 7) is 0. The van der Waals surface area contributed by atoms with Gasteiger partial charge in [-0.3, -0.25) is 9.35 Å². The van der Waals surface area contributed by atoms with Crippen molar-refractivity contribution in [2.75, 3.05) is 5.75 Å². The second-order valence-corrected chi connectivity index (χ2v) is 14.9. The minimum absolute atomic E-state index is 0.167. The highest BCUT2D eigenvalue weighted by Crippen LogP contribution is 2.66. The van der Waals surface area contributed by atoms with Crippen molar-refractivity contribution >= 4 is 16.1 Å². The van der Waals surface area contributed by atoms with Gasteiger partial charge in [-0.1, -0.05) is 30.3 Å². The van der Waals surface area contributed by atoms with E-state index in [2.05, 4.69) is 24.3 Å². The molecule has 4 saturated carbocycles. The molecule has 4 atom stereocenters. The van der Waals surface area contributed by atoms with Crippen LogP contribution in [0.2, 0.25) is 0 Å². The van der Waals surface area contributed by atoms with Crippen molar-refractivity contribution in [1.82, 2.24) is 0 Å². The van der Waals surface area contributed by atoms with Crippen LogP contribution in [0, 0.1) is 30.3 Å². The molecule has 0 heterocycles. The van der Waals surface area contributed by atoms with E-state index in [1.807, 2.05) is 30.3 Å². The molecule has 4 bridgehead atoms. The molecule has 6 rings (SSSR count). The molecule has 2 aromatic carbocycles. The molecule has 0 amide bonds. The van der Waals surface area contributed by atoms with Gasteiger partial charge in [-0.15, -0.1) is 0 Å². The topological polar surface area (TPSA) is 80.7 Å². The summed E-state index contributed by atoms with van der Waals surface area (Å²) < 4.78 is 79.8. The minimum atomic E-state index is -5.11. The first-order valence-corrected chi connectivity index (χ1v) is 15.7. The largest absolute Gasteiger partial charge is 0.451 e. The maximum Gasteiger partial charge on any atom is 0.426 e. The zero-order valence-corrected chi connectivity index (χ0v) is 22.3. The number of esters is 1. The van der Waals surface area contributed by atoms with Crippen LogP contribution in [0.15, 0.2) is 54.6 Å². The Morgan fingerprint density at radius 3 is 2.28 bits per heavy atom. The van der Waals surface area contributed by atoms with Crippen LogP contribution in [-0.4, -0.2) is 37.0 Å². The number of alkyl halides is 3. The standard InChI is InChI=1S/C26H26F3IO5S/c27-26(28,29)22(15-36(32,33)34)35-24(31)25-13-16-9-17(14-25)11-19(10-16)23(25)18-5-4-8-21(12-18)30-20-6-2-1-3-7-20/h1-8,12,16-17,19,22-23H,9-11,13-15H2/p+1. The summed E-state index contributed by atoms with van der Waals surface area (Å²) in [4.78, 5) is 13.6. The summed E-state index contributed by atoms with van der Waals surface area (Å²) in [5.41, 5.74) is -0.177. The highest BCUT2D eigenvalue weighted by atomic mass is 127. The number of carbonyl (C=O) groups excluding carboxylic acids is 1. The van der Waals surface area contributed by atoms with Gasteiger partial charge in [-0.2, -0.15) is 21.6 Å². The minimum Gasteiger partial charge on any atom is -0.451 e. The van der Waals surface area contributed by atoms with Gasteiger partial charge in [0.1, 0.15) is 5.75 Å². The summed E-state index contributed by atoms with van der Waals surface area (Å²) in [6, 6.07) is 18.2. The van der Waals surface area contributed by atoms with Gasteiger partial charge < -0.3 is 4.74 Å². The van der Waals surface area contributed by atoms with Gasteiger partial charge in [0.05, 0.1) is 5.41 Å². The Kier molecular flexibility index (Phi) is 6.91. The highest BCUT2D eigenvalue weighted by Gasteiger charge is 2.63. The summed E-state index contributed by atoms with van der Waals surface area (Å²) in [6.07, 6.45) is -4.29. The van der Waals surface area contributed by atoms with Gasteiger partial charge in [0, 0.05) is 5.92 Å². The average Bonchev–Trinajstić information content (AvgIpc) is 2.77. The van der Waals surface area contributed by atoms with Crippen molar-refractivity contribution in [3.8, 4) is 0 Å². The maximum absolute atomic E-state index is 13.6. The lowest BCUT2D eigenvalue weighted by molar-refractivity contribution is -0.597. The Morgan fingerprint density at radius 1 is 1.03 bits per heavy atom. The molecule has 5 nitrogen and oxygen atoms in total. The molecule has 36 heavy (non-hydrogen) atoms. The van der Waals surface area contributed by atoms with Crippen molar-refractivity contribution in [2.24, 2.45) is 23.2 Å². The van der Waals surface area contributed by atoms with E-state index in [0.717, 1.165) is 28.4 Å². The molecule has 0 radical (unpaired) electrons. The molecule has 4 aliphatic rings. The van der Waals surface area contributed by atoms with Crippen LogP contribution in [0.5, 0.6) is 0 Å². The first-order valence-electron chi connectivity index (χ1n) is 12.0. The summed E-state index contributed by atoms with van der Waals surface area (Å²) in [7, 11) is -5.00. The number of halogens is 4. The summed E-state index contributed by atoms with van der Waals surface area (Å²) in [5, 5.41) is 0. The molecule has 0 spiro atoms. The molecule has 4 fully saturated rings. The SMILES string of the molecule is O=C(OC(CS(=O)(=O)O)C(F)(F)F)C12CC3CC(CC(C3)C1c1cccc([I+]c3ccccc3)c1)C2. The van der Waals surface area contributed by atoms with Crippen molar-refractivity contribution in [1.29, 1.82) is 0 Å². The predicted molar refractivity (Wildman–Crippen MR) is 121 cm³/mol. The number of benzene rings is 2. The molecule has 2 aromatic rings. The quantitative estimate of drug-likeness (QED) is 0.287. The lowest BCUT2D eigenvalue weighted by Gasteiger charge is -2.60. The van der Waals surface area contributed by atoms with E-state index in [4.69, 9.17) is 9.29 Å². The fourth-order valence-corrected chi connectivity index (χ4v) is 9.96. The van der Waals surface area contributed by atoms with Crippen molar-refractivity contribution in [2.45, 2.75) is 50.3 Å². The molecule has 0 aromatic heterocycles. The van der Waals surface area contributed by atoms with Crippen LogP contribution in [0.25, 0.3) is 0 Å². The van der Waals surface area contributed by atoms with E-state index >= 15 is 0 Å². The molecule has 194 valence electrons. The van der Waals surface area contributed by atoms with E-state index in [9.17, 15) is 26.4 Å². The summed E-state index contributed by atoms with van der Waals surface area (Å²) >= 11 is -0.465. The smallest absolute Gasteiger partial charge is 0.426 e. The zero-order valence-electron chi connectivity index (χ0n) is 19.3. The third kappa shape index (κ3) is 5.31. The molecular formula is C26H27F3IO5S+. The Morgan fingerprint density at radius 2 is 1.67 bits per heavy atom. The van der Waals surface area contributed by atoms with Gasteiger partial charge >= 0.3 is 33.4 Å². The number of ether oxygens (including phenoxy) is 1. The van der Waals surface area contributed by atoms with Gasteiger partial charge in [0.2, 0.25) is 6.10 Å². The molecule has 4 unspecified atom stereocenters. The Bertz CT molecular complexity index is 1220. The molecule has 1 N–H and O–H groups in total. The van der Waals surface area contributed by atoms with Crippen LogP contribution >= 0.6 is 0 Å². The first-order chi connectivity index (χ1) is 16.9. The van der Waals surface area contributed by atoms with Gasteiger partial charge in [0.15, 0.2) is 7.14 Å². The molecular weight excluding hydrogens is 608 g/mol. The third-order valence-corrected chi connectivity index (χ3v) is 11.2. The Balaban J connectivity index is 1.48. The average molecular weight is 635 g/mol. The Labute approximate surface area is 218 Å². The monoisotopic (exact) mass is 635 g/mol. The lowest BCUT2D eigenvalue weighted by Crippen LogP contribution is -3.61. The summed E-state index contributed by atoms with van der Waals surface area (Å²) in [5.74, 6) is -2.30. The molecule has 0 saturated heterocycles. The van der Waals surface area contributed by atoms with Crippen LogP contribution < -0.4 is 21.2 Å². The van der Waals surface area contributed by atoms with Crippen molar-refractivity contribution in [3.63, 3.8) is 0 Å². The third-order valence-electron chi connectivity index (χ3n) is 7.85. The number of rotatable bonds is 7. The van der Waals surface area contributed by atoms with E-state index in [-0.39, 0.29) is 23.7 Å². The molecule has 0 aliphatic heterocycles. The number of hydrogen-bond donors (Lipinski definition) is 1. The molecule has 4 aliphatic carbocycles. The maximum atomic E-state index is 13.6. The van der Waals surface area contributed by atoms with Crippen LogP contribution in [-0.2, 0) is 19.6 Å². The lowest BCUT2D eigenvalue weighted by atomic mass is 9.44. The molecule has 10 heteroatoms. The predicted octanol–water partition coefficient (Wildman–Crippen LogP) is 2.09.